The molecule has 0 aliphatic heterocycles. The van der Waals surface area contributed by atoms with Crippen LogP contribution in [0.3, 0.4) is 0 Å². The van der Waals surface area contributed by atoms with Crippen LogP contribution < -0.4 is 4.74 Å². The fraction of sp³-hybridized carbons (Fsp3) is 0.188. The largest absolute Gasteiger partial charge is 0.482 e. The number of carbonyl (C=O) groups excluding carboxylic acids is 1. The number of hydrogen-bond acceptors (Lipinski definition) is 2. The molecule has 0 fully saturated rings. The van der Waals surface area contributed by atoms with Gasteiger partial charge in [-0.05, 0) is 30.2 Å². The first kappa shape index (κ1) is 14.7. The SMILES string of the molecule is CCc1ccc(C(=O)COc2cc(Br)ccc2F)cc1. The van der Waals surface area contributed by atoms with E-state index < -0.39 is 5.82 Å². The van der Waals surface area contributed by atoms with Crippen molar-refractivity contribution in [1.82, 2.24) is 0 Å². The Balaban J connectivity index is 2.02. The number of ketones is 1. The zero-order valence-electron chi connectivity index (χ0n) is 11.0. The first-order valence-electron chi connectivity index (χ1n) is 6.30. The molecule has 0 atom stereocenters. The van der Waals surface area contributed by atoms with Crippen LogP contribution in [0.4, 0.5) is 4.39 Å². The van der Waals surface area contributed by atoms with Crippen molar-refractivity contribution in [3.8, 4) is 5.75 Å². The molecule has 2 aromatic rings. The second kappa shape index (κ2) is 6.66. The van der Waals surface area contributed by atoms with Crippen molar-refractivity contribution in [2.24, 2.45) is 0 Å². The van der Waals surface area contributed by atoms with E-state index in [0.717, 1.165) is 6.42 Å². The maximum Gasteiger partial charge on any atom is 0.200 e. The average Bonchev–Trinajstić information content (AvgIpc) is 2.48. The summed E-state index contributed by atoms with van der Waals surface area (Å²) in [5.74, 6) is -0.590. The summed E-state index contributed by atoms with van der Waals surface area (Å²) in [6.07, 6.45) is 0.925. The van der Waals surface area contributed by atoms with Crippen molar-refractivity contribution in [2.45, 2.75) is 13.3 Å². The predicted molar refractivity (Wildman–Crippen MR) is 79.7 cm³/mol. The smallest absolute Gasteiger partial charge is 0.200 e. The monoisotopic (exact) mass is 336 g/mol. The van der Waals surface area contributed by atoms with Crippen LogP contribution in [0.25, 0.3) is 0 Å². The van der Waals surface area contributed by atoms with E-state index in [1.165, 1.54) is 17.7 Å². The molecule has 0 heterocycles. The van der Waals surface area contributed by atoms with Gasteiger partial charge in [-0.3, -0.25) is 4.79 Å². The molecule has 0 saturated carbocycles. The minimum atomic E-state index is -0.484. The van der Waals surface area contributed by atoms with E-state index in [1.54, 1.807) is 18.2 Å². The summed E-state index contributed by atoms with van der Waals surface area (Å²) < 4.78 is 19.4. The summed E-state index contributed by atoms with van der Waals surface area (Å²) in [4.78, 5) is 12.0. The summed E-state index contributed by atoms with van der Waals surface area (Å²) >= 11 is 3.23. The van der Waals surface area contributed by atoms with Crippen molar-refractivity contribution in [1.29, 1.82) is 0 Å². The molecule has 0 saturated heterocycles. The van der Waals surface area contributed by atoms with Crippen LogP contribution in [0, 0.1) is 5.82 Å². The zero-order chi connectivity index (χ0) is 14.5. The highest BCUT2D eigenvalue weighted by molar-refractivity contribution is 9.10. The second-order valence-corrected chi connectivity index (χ2v) is 5.25. The lowest BCUT2D eigenvalue weighted by Crippen LogP contribution is -2.12. The number of carbonyl (C=O) groups is 1. The van der Waals surface area contributed by atoms with Crippen LogP contribution in [0.1, 0.15) is 22.8 Å². The van der Waals surface area contributed by atoms with Crippen molar-refractivity contribution < 1.29 is 13.9 Å². The Morgan fingerprint density at radius 1 is 1.20 bits per heavy atom. The summed E-state index contributed by atoms with van der Waals surface area (Å²) in [6, 6.07) is 11.7. The van der Waals surface area contributed by atoms with Gasteiger partial charge in [-0.25, -0.2) is 4.39 Å². The van der Waals surface area contributed by atoms with Crippen LogP contribution in [-0.2, 0) is 6.42 Å². The Labute approximate surface area is 125 Å². The van der Waals surface area contributed by atoms with E-state index >= 15 is 0 Å². The first-order chi connectivity index (χ1) is 9.60. The lowest BCUT2D eigenvalue weighted by molar-refractivity contribution is 0.0918. The van der Waals surface area contributed by atoms with Gasteiger partial charge in [0.1, 0.15) is 0 Å². The van der Waals surface area contributed by atoms with Gasteiger partial charge in [0.25, 0.3) is 0 Å². The Hall–Kier alpha value is -1.68. The standard InChI is InChI=1S/C16H14BrFO2/c1-2-11-3-5-12(6-4-11)15(19)10-20-16-9-13(17)7-8-14(16)18/h3-9H,2,10H2,1H3. The molecule has 0 unspecified atom stereocenters. The van der Waals surface area contributed by atoms with Gasteiger partial charge in [-0.1, -0.05) is 47.1 Å². The number of halogens is 2. The normalized spacial score (nSPS) is 10.3. The Morgan fingerprint density at radius 3 is 2.55 bits per heavy atom. The highest BCUT2D eigenvalue weighted by Gasteiger charge is 2.09. The molecule has 4 heteroatoms. The molecule has 104 valence electrons. The molecule has 0 N–H and O–H groups in total. The lowest BCUT2D eigenvalue weighted by Gasteiger charge is -2.07. The van der Waals surface area contributed by atoms with E-state index in [9.17, 15) is 9.18 Å². The molecule has 2 rings (SSSR count). The third kappa shape index (κ3) is 3.67. The Kier molecular flexibility index (Phi) is 4.90. The van der Waals surface area contributed by atoms with Crippen molar-refractivity contribution in [3.63, 3.8) is 0 Å². The maximum atomic E-state index is 13.5. The number of ether oxygens (including phenoxy) is 1. The fourth-order valence-electron chi connectivity index (χ4n) is 1.74. The third-order valence-corrected chi connectivity index (χ3v) is 3.43. The summed E-state index contributed by atoms with van der Waals surface area (Å²) in [5, 5.41) is 0. The van der Waals surface area contributed by atoms with Crippen LogP contribution in [0.2, 0.25) is 0 Å². The number of Topliss-reactive ketones (excluding diaryl/α,β-unsaturated/α-hetero) is 1. The van der Waals surface area contributed by atoms with Crippen LogP contribution >= 0.6 is 15.9 Å². The molecule has 0 radical (unpaired) electrons. The van der Waals surface area contributed by atoms with Gasteiger partial charge in [0, 0.05) is 10.0 Å². The van der Waals surface area contributed by atoms with Gasteiger partial charge in [0.05, 0.1) is 0 Å². The van der Waals surface area contributed by atoms with Gasteiger partial charge in [-0.2, -0.15) is 0 Å². The van der Waals surface area contributed by atoms with Crippen LogP contribution in [0.5, 0.6) is 5.75 Å². The molecule has 2 aromatic carbocycles. The predicted octanol–water partition coefficient (Wildman–Crippen LogP) is 4.41. The summed E-state index contributed by atoms with van der Waals surface area (Å²) in [5.41, 5.74) is 1.73. The van der Waals surface area contributed by atoms with Crippen LogP contribution in [-0.4, -0.2) is 12.4 Å². The number of rotatable bonds is 5. The van der Waals surface area contributed by atoms with Gasteiger partial charge in [0.2, 0.25) is 0 Å². The number of aryl methyl sites for hydroxylation is 1. The van der Waals surface area contributed by atoms with Crippen molar-refractivity contribution >= 4 is 21.7 Å². The minimum absolute atomic E-state index is 0.0675. The molecule has 0 aromatic heterocycles. The van der Waals surface area contributed by atoms with Gasteiger partial charge in [-0.15, -0.1) is 0 Å². The van der Waals surface area contributed by atoms with E-state index in [1.807, 2.05) is 12.1 Å². The summed E-state index contributed by atoms with van der Waals surface area (Å²) in [6.45, 7) is 1.87. The second-order valence-electron chi connectivity index (χ2n) is 4.34. The average molecular weight is 337 g/mol. The lowest BCUT2D eigenvalue weighted by atomic mass is 10.1. The van der Waals surface area contributed by atoms with Crippen molar-refractivity contribution in [2.75, 3.05) is 6.61 Å². The maximum absolute atomic E-state index is 13.5. The highest BCUT2D eigenvalue weighted by atomic mass is 79.9. The van der Waals surface area contributed by atoms with Crippen molar-refractivity contribution in [3.05, 3.63) is 63.9 Å². The molecule has 20 heavy (non-hydrogen) atoms. The first-order valence-corrected chi connectivity index (χ1v) is 7.09. The molecule has 0 bridgehead atoms. The molecule has 0 spiro atoms. The third-order valence-electron chi connectivity index (χ3n) is 2.94. The van der Waals surface area contributed by atoms with E-state index in [4.69, 9.17) is 4.74 Å². The number of hydrogen-bond donors (Lipinski definition) is 0. The zero-order valence-corrected chi connectivity index (χ0v) is 12.6. The van der Waals surface area contributed by atoms with E-state index in [2.05, 4.69) is 22.9 Å². The van der Waals surface area contributed by atoms with Crippen LogP contribution in [0.15, 0.2) is 46.9 Å². The highest BCUT2D eigenvalue weighted by Crippen LogP contribution is 2.22. The molecule has 2 nitrogen and oxygen atoms in total. The molecular formula is C16H14BrFO2. The van der Waals surface area contributed by atoms with E-state index in [-0.39, 0.29) is 18.1 Å². The molecule has 0 aliphatic rings. The van der Waals surface area contributed by atoms with Gasteiger partial charge in [0.15, 0.2) is 24.0 Å². The molecule has 0 amide bonds. The van der Waals surface area contributed by atoms with Gasteiger partial charge >= 0.3 is 0 Å². The Bertz CT molecular complexity index is 608. The fourth-order valence-corrected chi connectivity index (χ4v) is 2.08. The molecular weight excluding hydrogens is 323 g/mol. The topological polar surface area (TPSA) is 26.3 Å². The Morgan fingerprint density at radius 2 is 1.90 bits per heavy atom. The minimum Gasteiger partial charge on any atom is -0.482 e. The van der Waals surface area contributed by atoms with E-state index in [0.29, 0.717) is 10.0 Å². The quantitative estimate of drug-likeness (QED) is 0.756. The number of benzene rings is 2. The summed E-state index contributed by atoms with van der Waals surface area (Å²) in [7, 11) is 0. The van der Waals surface area contributed by atoms with Gasteiger partial charge < -0.3 is 4.74 Å². The molecule has 0 aliphatic carbocycles.